The standard InChI is InChI=1S/C13H16N2O2S/c1-3-9-4-5-11(18-9)12-14-8(2)10(6-7-16)13(17)15-12/h4-5,16H,3,6-7H2,1-2H3,(H,14,15,17). The molecular formula is C13H16N2O2S. The fraction of sp³-hybridized carbons (Fsp3) is 0.385. The quantitative estimate of drug-likeness (QED) is 0.886. The van der Waals surface area contributed by atoms with Crippen molar-refractivity contribution in [1.82, 2.24) is 9.97 Å². The summed E-state index contributed by atoms with van der Waals surface area (Å²) >= 11 is 1.64. The van der Waals surface area contributed by atoms with Crippen LogP contribution in [-0.2, 0) is 12.8 Å². The zero-order valence-electron chi connectivity index (χ0n) is 10.5. The summed E-state index contributed by atoms with van der Waals surface area (Å²) in [5, 5.41) is 8.91. The SMILES string of the molecule is CCc1ccc(-c2nc(C)c(CCO)c(=O)[nH]2)s1. The molecule has 0 atom stereocenters. The number of rotatable bonds is 4. The lowest BCUT2D eigenvalue weighted by Crippen LogP contribution is -2.18. The molecule has 0 bridgehead atoms. The van der Waals surface area contributed by atoms with Gasteiger partial charge in [-0.1, -0.05) is 6.92 Å². The summed E-state index contributed by atoms with van der Waals surface area (Å²) in [6, 6.07) is 4.03. The highest BCUT2D eigenvalue weighted by atomic mass is 32.1. The fourth-order valence-electron chi connectivity index (χ4n) is 1.83. The second-order valence-corrected chi connectivity index (χ2v) is 5.24. The zero-order valence-corrected chi connectivity index (χ0v) is 11.3. The van der Waals surface area contributed by atoms with Crippen LogP contribution in [0.3, 0.4) is 0 Å². The van der Waals surface area contributed by atoms with Crippen LogP contribution in [0.2, 0.25) is 0 Å². The van der Waals surface area contributed by atoms with Crippen molar-refractivity contribution in [2.45, 2.75) is 26.7 Å². The number of aliphatic hydroxyl groups excluding tert-OH is 1. The van der Waals surface area contributed by atoms with E-state index in [2.05, 4.69) is 23.0 Å². The van der Waals surface area contributed by atoms with Crippen LogP contribution >= 0.6 is 11.3 Å². The van der Waals surface area contributed by atoms with E-state index in [1.54, 1.807) is 18.3 Å². The van der Waals surface area contributed by atoms with Gasteiger partial charge >= 0.3 is 0 Å². The number of aliphatic hydroxyl groups is 1. The minimum atomic E-state index is -0.155. The molecule has 2 aromatic heterocycles. The summed E-state index contributed by atoms with van der Waals surface area (Å²) in [4.78, 5) is 21.3. The average Bonchev–Trinajstić information content (AvgIpc) is 2.82. The second kappa shape index (κ2) is 5.46. The van der Waals surface area contributed by atoms with Gasteiger partial charge in [0, 0.05) is 29.2 Å². The molecule has 0 aromatic carbocycles. The molecule has 0 aliphatic rings. The molecule has 96 valence electrons. The van der Waals surface area contributed by atoms with E-state index in [0.29, 0.717) is 23.5 Å². The lowest BCUT2D eigenvalue weighted by molar-refractivity contribution is 0.298. The number of nitrogens with zero attached hydrogens (tertiary/aromatic N) is 1. The lowest BCUT2D eigenvalue weighted by atomic mass is 10.2. The van der Waals surface area contributed by atoms with E-state index in [1.165, 1.54) is 4.88 Å². The molecule has 0 aliphatic carbocycles. The van der Waals surface area contributed by atoms with Crippen LogP contribution in [0.5, 0.6) is 0 Å². The summed E-state index contributed by atoms with van der Waals surface area (Å²) < 4.78 is 0. The Labute approximate surface area is 109 Å². The van der Waals surface area contributed by atoms with Gasteiger partial charge in [-0.15, -0.1) is 11.3 Å². The first-order chi connectivity index (χ1) is 8.65. The first-order valence-corrected chi connectivity index (χ1v) is 6.77. The Morgan fingerprint density at radius 1 is 1.44 bits per heavy atom. The third kappa shape index (κ3) is 2.52. The van der Waals surface area contributed by atoms with Gasteiger partial charge in [-0.05, 0) is 25.5 Å². The molecule has 2 N–H and O–H groups in total. The molecule has 0 saturated heterocycles. The maximum absolute atomic E-state index is 11.9. The Morgan fingerprint density at radius 2 is 2.22 bits per heavy atom. The van der Waals surface area contributed by atoms with Gasteiger partial charge in [0.15, 0.2) is 5.82 Å². The van der Waals surface area contributed by atoms with E-state index >= 15 is 0 Å². The van der Waals surface area contributed by atoms with E-state index in [1.807, 2.05) is 6.07 Å². The Kier molecular flexibility index (Phi) is 3.93. The highest BCUT2D eigenvalue weighted by Gasteiger charge is 2.10. The van der Waals surface area contributed by atoms with Crippen molar-refractivity contribution < 1.29 is 5.11 Å². The van der Waals surface area contributed by atoms with Gasteiger partial charge < -0.3 is 10.1 Å². The summed E-state index contributed by atoms with van der Waals surface area (Å²) in [7, 11) is 0. The molecule has 0 saturated carbocycles. The molecular weight excluding hydrogens is 248 g/mol. The van der Waals surface area contributed by atoms with Crippen molar-refractivity contribution in [3.63, 3.8) is 0 Å². The summed E-state index contributed by atoms with van der Waals surface area (Å²) in [6.07, 6.45) is 1.33. The van der Waals surface area contributed by atoms with Crippen LogP contribution < -0.4 is 5.56 Å². The predicted molar refractivity (Wildman–Crippen MR) is 73.1 cm³/mol. The normalized spacial score (nSPS) is 10.8. The van der Waals surface area contributed by atoms with Gasteiger partial charge in [-0.2, -0.15) is 0 Å². The maximum atomic E-state index is 11.9. The Balaban J connectivity index is 2.44. The van der Waals surface area contributed by atoms with E-state index in [0.717, 1.165) is 11.3 Å². The van der Waals surface area contributed by atoms with Gasteiger partial charge in [0.2, 0.25) is 0 Å². The van der Waals surface area contributed by atoms with E-state index in [-0.39, 0.29) is 12.2 Å². The highest BCUT2D eigenvalue weighted by molar-refractivity contribution is 7.15. The Morgan fingerprint density at radius 3 is 2.78 bits per heavy atom. The molecule has 0 amide bonds. The topological polar surface area (TPSA) is 66.0 Å². The van der Waals surface area contributed by atoms with Crippen LogP contribution in [0.15, 0.2) is 16.9 Å². The molecule has 2 rings (SSSR count). The molecule has 2 aromatic rings. The molecule has 5 heteroatoms. The van der Waals surface area contributed by atoms with Gasteiger partial charge in [0.05, 0.1) is 4.88 Å². The van der Waals surface area contributed by atoms with Gasteiger partial charge in [0.1, 0.15) is 0 Å². The molecule has 4 nitrogen and oxygen atoms in total. The molecule has 0 aliphatic heterocycles. The van der Waals surface area contributed by atoms with Crippen LogP contribution in [0.25, 0.3) is 10.7 Å². The van der Waals surface area contributed by atoms with Crippen molar-refractivity contribution in [3.05, 3.63) is 38.6 Å². The largest absolute Gasteiger partial charge is 0.396 e. The number of hydrogen-bond acceptors (Lipinski definition) is 4. The van der Waals surface area contributed by atoms with Crippen molar-refractivity contribution >= 4 is 11.3 Å². The monoisotopic (exact) mass is 264 g/mol. The molecule has 0 unspecified atom stereocenters. The van der Waals surface area contributed by atoms with Crippen LogP contribution in [-0.4, -0.2) is 21.7 Å². The Hall–Kier alpha value is -1.46. The number of aromatic amines is 1. The average molecular weight is 264 g/mol. The fourth-order valence-corrected chi connectivity index (χ4v) is 2.72. The number of hydrogen-bond donors (Lipinski definition) is 2. The molecule has 18 heavy (non-hydrogen) atoms. The number of thiophene rings is 1. The minimum Gasteiger partial charge on any atom is -0.396 e. The smallest absolute Gasteiger partial charge is 0.254 e. The molecule has 0 fully saturated rings. The first-order valence-electron chi connectivity index (χ1n) is 5.95. The molecule has 0 spiro atoms. The maximum Gasteiger partial charge on any atom is 0.254 e. The third-order valence-electron chi connectivity index (χ3n) is 2.83. The van der Waals surface area contributed by atoms with Crippen LogP contribution in [0.4, 0.5) is 0 Å². The van der Waals surface area contributed by atoms with Crippen molar-refractivity contribution in [2.24, 2.45) is 0 Å². The number of nitrogens with one attached hydrogen (secondary N) is 1. The van der Waals surface area contributed by atoms with E-state index < -0.39 is 0 Å². The number of H-pyrrole nitrogens is 1. The first kappa shape index (κ1) is 13.0. The van der Waals surface area contributed by atoms with E-state index in [4.69, 9.17) is 5.11 Å². The van der Waals surface area contributed by atoms with E-state index in [9.17, 15) is 4.79 Å². The number of aromatic nitrogens is 2. The minimum absolute atomic E-state index is 0.0378. The molecule has 0 radical (unpaired) electrons. The van der Waals surface area contributed by atoms with Gasteiger partial charge in [0.25, 0.3) is 5.56 Å². The van der Waals surface area contributed by atoms with Crippen molar-refractivity contribution in [2.75, 3.05) is 6.61 Å². The molecule has 2 heterocycles. The van der Waals surface area contributed by atoms with Crippen LogP contribution in [0, 0.1) is 6.92 Å². The third-order valence-corrected chi connectivity index (χ3v) is 4.06. The van der Waals surface area contributed by atoms with Gasteiger partial charge in [-0.25, -0.2) is 4.98 Å². The van der Waals surface area contributed by atoms with Crippen molar-refractivity contribution in [1.29, 1.82) is 0 Å². The lowest BCUT2D eigenvalue weighted by Gasteiger charge is -2.04. The number of aryl methyl sites for hydroxylation is 2. The second-order valence-electron chi connectivity index (χ2n) is 4.07. The summed E-state index contributed by atoms with van der Waals surface area (Å²) in [6.45, 7) is 3.86. The summed E-state index contributed by atoms with van der Waals surface area (Å²) in [5.74, 6) is 0.615. The Bertz CT molecular complexity index is 601. The summed E-state index contributed by atoms with van der Waals surface area (Å²) in [5.41, 5.74) is 1.10. The zero-order chi connectivity index (χ0) is 13.1. The van der Waals surface area contributed by atoms with Crippen LogP contribution in [0.1, 0.15) is 23.1 Å². The predicted octanol–water partition coefficient (Wildman–Crippen LogP) is 1.90. The van der Waals surface area contributed by atoms with Crippen molar-refractivity contribution in [3.8, 4) is 10.7 Å². The van der Waals surface area contributed by atoms with Gasteiger partial charge in [-0.3, -0.25) is 4.79 Å². The highest BCUT2D eigenvalue weighted by Crippen LogP contribution is 2.25.